The van der Waals surface area contributed by atoms with E-state index in [0.717, 1.165) is 4.20 Å². The minimum atomic E-state index is 0.659. The van der Waals surface area contributed by atoms with Crippen molar-refractivity contribution >= 4 is 28.2 Å². The molecule has 100 valence electrons. The summed E-state index contributed by atoms with van der Waals surface area (Å²) >= 11 is 6.57. The van der Waals surface area contributed by atoms with E-state index in [2.05, 4.69) is 50.2 Å². The van der Waals surface area contributed by atoms with Crippen molar-refractivity contribution in [3.05, 3.63) is 66.2 Å². The standard InChI is InChI=1S/C9H12.C8H8S2/c1-8(2)9-6-4-3-5-7-9;1-7(9)10-8-5-3-2-4-6-8/h3-8H,1-2H3;2-6H,1H3. The van der Waals surface area contributed by atoms with Crippen LogP contribution >= 0.6 is 24.0 Å². The maximum Gasteiger partial charge on any atom is 0.0496 e. The number of hydrogen-bond acceptors (Lipinski definition) is 2. The molecule has 2 aromatic carbocycles. The highest BCUT2D eigenvalue weighted by Crippen LogP contribution is 2.18. The second-order valence-corrected chi connectivity index (χ2v) is 6.63. The fraction of sp³-hybridized carbons (Fsp3) is 0.235. The minimum Gasteiger partial charge on any atom is -0.0831 e. The molecular weight excluding hydrogens is 268 g/mol. The number of hydrogen-bond donors (Lipinski definition) is 0. The average molecular weight is 288 g/mol. The Bertz CT molecular complexity index is 475. The van der Waals surface area contributed by atoms with Gasteiger partial charge in [-0.15, -0.1) is 0 Å². The Labute approximate surface area is 126 Å². The lowest BCUT2D eigenvalue weighted by Crippen LogP contribution is -1.83. The molecule has 0 aromatic heterocycles. The van der Waals surface area contributed by atoms with Gasteiger partial charge in [-0.1, -0.05) is 86.4 Å². The molecule has 0 amide bonds. The molecule has 0 aliphatic heterocycles. The third kappa shape index (κ3) is 7.14. The zero-order chi connectivity index (χ0) is 14.1. The molecule has 19 heavy (non-hydrogen) atoms. The largest absolute Gasteiger partial charge is 0.0831 e. The van der Waals surface area contributed by atoms with E-state index in [4.69, 9.17) is 12.2 Å². The van der Waals surface area contributed by atoms with E-state index in [9.17, 15) is 0 Å². The lowest BCUT2D eigenvalue weighted by Gasteiger charge is -2.01. The fourth-order valence-corrected chi connectivity index (χ4v) is 2.41. The quantitative estimate of drug-likeness (QED) is 0.496. The summed E-state index contributed by atoms with van der Waals surface area (Å²) in [5.41, 5.74) is 1.41. The van der Waals surface area contributed by atoms with Gasteiger partial charge in [0, 0.05) is 9.09 Å². The van der Waals surface area contributed by atoms with Gasteiger partial charge >= 0.3 is 0 Å². The molecule has 0 aliphatic rings. The lowest BCUT2D eigenvalue weighted by atomic mass is 10.0. The van der Waals surface area contributed by atoms with Crippen LogP contribution < -0.4 is 0 Å². The molecule has 0 atom stereocenters. The van der Waals surface area contributed by atoms with Crippen LogP contribution in [0, 0.1) is 0 Å². The summed E-state index contributed by atoms with van der Waals surface area (Å²) in [4.78, 5) is 1.22. The van der Waals surface area contributed by atoms with Crippen LogP contribution in [0.5, 0.6) is 0 Å². The number of thiocarbonyl (C=S) groups is 1. The molecule has 0 nitrogen and oxygen atoms in total. The van der Waals surface area contributed by atoms with Crippen LogP contribution in [-0.4, -0.2) is 4.20 Å². The van der Waals surface area contributed by atoms with E-state index in [-0.39, 0.29) is 0 Å². The van der Waals surface area contributed by atoms with Gasteiger partial charge in [-0.25, -0.2) is 0 Å². The van der Waals surface area contributed by atoms with Crippen LogP contribution in [0.15, 0.2) is 65.6 Å². The number of thioether (sulfide) groups is 1. The lowest BCUT2D eigenvalue weighted by molar-refractivity contribution is 0.867. The summed E-state index contributed by atoms with van der Waals surface area (Å²) in [6.07, 6.45) is 0. The van der Waals surface area contributed by atoms with E-state index >= 15 is 0 Å². The zero-order valence-corrected chi connectivity index (χ0v) is 13.3. The topological polar surface area (TPSA) is 0 Å². The normalized spacial score (nSPS) is 9.68. The van der Waals surface area contributed by atoms with Gasteiger partial charge in [-0.05, 0) is 30.5 Å². The van der Waals surface area contributed by atoms with Crippen molar-refractivity contribution in [2.75, 3.05) is 0 Å². The molecule has 0 unspecified atom stereocenters. The summed E-state index contributed by atoms with van der Waals surface area (Å²) in [5.74, 6) is 0.659. The molecule has 0 N–H and O–H groups in total. The molecule has 0 spiro atoms. The van der Waals surface area contributed by atoms with E-state index < -0.39 is 0 Å². The fourth-order valence-electron chi connectivity index (χ4n) is 1.49. The second-order valence-electron chi connectivity index (χ2n) is 4.47. The molecule has 0 heterocycles. The van der Waals surface area contributed by atoms with Crippen LogP contribution in [0.4, 0.5) is 0 Å². The first-order valence-electron chi connectivity index (χ1n) is 6.38. The highest BCUT2D eigenvalue weighted by molar-refractivity contribution is 8.23. The highest BCUT2D eigenvalue weighted by atomic mass is 32.2. The van der Waals surface area contributed by atoms with Crippen LogP contribution in [-0.2, 0) is 0 Å². The summed E-state index contributed by atoms with van der Waals surface area (Å²) < 4.78 is 0.964. The SMILES string of the molecule is CC(=S)Sc1ccccc1.CC(C)c1ccccc1. The predicted octanol–water partition coefficient (Wildman–Crippen LogP) is 5.94. The van der Waals surface area contributed by atoms with Crippen molar-refractivity contribution in [3.63, 3.8) is 0 Å². The zero-order valence-electron chi connectivity index (χ0n) is 11.7. The Kier molecular flexibility index (Phi) is 7.46. The maximum atomic E-state index is 4.94. The van der Waals surface area contributed by atoms with Gasteiger partial charge in [-0.3, -0.25) is 0 Å². The summed E-state index contributed by atoms with van der Waals surface area (Å²) in [6.45, 7) is 6.34. The van der Waals surface area contributed by atoms with Gasteiger partial charge in [0.1, 0.15) is 0 Å². The van der Waals surface area contributed by atoms with Crippen molar-refractivity contribution < 1.29 is 0 Å². The molecule has 0 aliphatic carbocycles. The summed E-state index contributed by atoms with van der Waals surface area (Å²) in [6, 6.07) is 20.7. The molecule has 0 bridgehead atoms. The molecule has 0 radical (unpaired) electrons. The Balaban J connectivity index is 0.000000191. The summed E-state index contributed by atoms with van der Waals surface area (Å²) in [7, 11) is 0. The third-order valence-electron chi connectivity index (χ3n) is 2.47. The van der Waals surface area contributed by atoms with E-state index in [0.29, 0.717) is 5.92 Å². The molecule has 0 fully saturated rings. The third-order valence-corrected chi connectivity index (χ3v) is 3.52. The molecule has 0 saturated heterocycles. The van der Waals surface area contributed by atoms with Crippen LogP contribution in [0.25, 0.3) is 0 Å². The minimum absolute atomic E-state index is 0.659. The van der Waals surface area contributed by atoms with Gasteiger partial charge in [0.05, 0.1) is 0 Å². The number of benzene rings is 2. The molecule has 0 saturated carbocycles. The van der Waals surface area contributed by atoms with Gasteiger partial charge < -0.3 is 0 Å². The first kappa shape index (κ1) is 15.9. The van der Waals surface area contributed by atoms with E-state index in [1.165, 1.54) is 10.5 Å². The average Bonchev–Trinajstić information content (AvgIpc) is 2.41. The van der Waals surface area contributed by atoms with E-state index in [1.54, 1.807) is 11.8 Å². The highest BCUT2D eigenvalue weighted by Gasteiger charge is 1.93. The van der Waals surface area contributed by atoms with Crippen molar-refractivity contribution in [2.45, 2.75) is 31.6 Å². The second kappa shape index (κ2) is 8.89. The first-order valence-corrected chi connectivity index (χ1v) is 7.60. The molecular formula is C17H20S2. The first-order chi connectivity index (χ1) is 9.09. The molecule has 2 rings (SSSR count). The van der Waals surface area contributed by atoms with Gasteiger partial charge in [0.15, 0.2) is 0 Å². The maximum absolute atomic E-state index is 4.94. The van der Waals surface area contributed by atoms with Crippen molar-refractivity contribution in [3.8, 4) is 0 Å². The molecule has 2 heteroatoms. The molecule has 2 aromatic rings. The Morgan fingerprint density at radius 2 is 1.37 bits per heavy atom. The van der Waals surface area contributed by atoms with Crippen molar-refractivity contribution in [1.29, 1.82) is 0 Å². The Morgan fingerprint density at radius 1 is 0.895 bits per heavy atom. The predicted molar refractivity (Wildman–Crippen MR) is 91.1 cm³/mol. The Hall–Kier alpha value is -1.12. The van der Waals surface area contributed by atoms with Crippen LogP contribution in [0.3, 0.4) is 0 Å². The van der Waals surface area contributed by atoms with Crippen LogP contribution in [0.1, 0.15) is 32.3 Å². The summed E-state index contributed by atoms with van der Waals surface area (Å²) in [5, 5.41) is 0. The van der Waals surface area contributed by atoms with Crippen molar-refractivity contribution in [1.82, 2.24) is 0 Å². The van der Waals surface area contributed by atoms with E-state index in [1.807, 2.05) is 31.2 Å². The van der Waals surface area contributed by atoms with Crippen LogP contribution in [0.2, 0.25) is 0 Å². The monoisotopic (exact) mass is 288 g/mol. The Morgan fingerprint density at radius 3 is 1.74 bits per heavy atom. The van der Waals surface area contributed by atoms with Gasteiger partial charge in [0.2, 0.25) is 0 Å². The number of rotatable bonds is 2. The smallest absolute Gasteiger partial charge is 0.0496 e. The van der Waals surface area contributed by atoms with Gasteiger partial charge in [-0.2, -0.15) is 0 Å². The van der Waals surface area contributed by atoms with Gasteiger partial charge in [0.25, 0.3) is 0 Å². The van der Waals surface area contributed by atoms with Crippen molar-refractivity contribution in [2.24, 2.45) is 0 Å².